The molecule has 0 spiro atoms. The minimum absolute atomic E-state index is 0.219. The van der Waals surface area contributed by atoms with Crippen molar-refractivity contribution in [3.8, 4) is 0 Å². The van der Waals surface area contributed by atoms with Crippen LogP contribution in [0.15, 0.2) is 24.3 Å². The van der Waals surface area contributed by atoms with Crippen molar-refractivity contribution in [1.29, 1.82) is 0 Å². The Hall–Kier alpha value is -0.950. The lowest BCUT2D eigenvalue weighted by molar-refractivity contribution is -0.0486. The summed E-state index contributed by atoms with van der Waals surface area (Å²) in [5.74, 6) is 1.29. The first-order chi connectivity index (χ1) is 12.2. The summed E-state index contributed by atoms with van der Waals surface area (Å²) in [7, 11) is -3.20. The molecule has 3 atom stereocenters. The Morgan fingerprint density at radius 2 is 1.88 bits per heavy atom. The van der Waals surface area contributed by atoms with Crippen LogP contribution in [0.5, 0.6) is 0 Å². The molecule has 1 heterocycles. The molecule has 0 aromatic heterocycles. The van der Waals surface area contributed by atoms with E-state index in [9.17, 15) is 8.42 Å². The minimum atomic E-state index is -3.20. The first kappa shape index (κ1) is 21.4. The summed E-state index contributed by atoms with van der Waals surface area (Å²) in [6.07, 6.45) is 2.68. The van der Waals surface area contributed by atoms with Crippen LogP contribution in [0.1, 0.15) is 51.3 Å². The summed E-state index contributed by atoms with van der Waals surface area (Å²) < 4.78 is 31.4. The monoisotopic (exact) mass is 382 g/mol. The molecule has 0 bridgehead atoms. The molecule has 148 valence electrons. The molecule has 3 unspecified atom stereocenters. The Kier molecular flexibility index (Phi) is 7.64. The number of nitrogens with one attached hydrogen (secondary N) is 1. The third-order valence-corrected chi connectivity index (χ3v) is 5.99. The minimum Gasteiger partial charge on any atom is -0.377 e. The van der Waals surface area contributed by atoms with Gasteiger partial charge in [-0.15, -0.1) is 0 Å². The third kappa shape index (κ3) is 6.34. The van der Waals surface area contributed by atoms with Gasteiger partial charge in [0.1, 0.15) is 0 Å². The van der Waals surface area contributed by atoms with E-state index in [4.69, 9.17) is 4.74 Å². The summed E-state index contributed by atoms with van der Waals surface area (Å²) in [6.45, 7) is 12.3. The van der Waals surface area contributed by atoms with E-state index in [1.54, 1.807) is 0 Å². The lowest BCUT2D eigenvalue weighted by Gasteiger charge is -2.40. The predicted octanol–water partition coefficient (Wildman–Crippen LogP) is 3.18. The predicted molar refractivity (Wildman–Crippen MR) is 106 cm³/mol. The second-order valence-electron chi connectivity index (χ2n) is 7.78. The number of nitrogens with zero attached hydrogens (tertiary/aromatic N) is 1. The summed E-state index contributed by atoms with van der Waals surface area (Å²) in [4.78, 5) is 2.46. The van der Waals surface area contributed by atoms with Crippen molar-refractivity contribution in [1.82, 2.24) is 9.62 Å². The number of piperidine rings is 1. The number of benzene rings is 1. The second kappa shape index (κ2) is 9.31. The van der Waals surface area contributed by atoms with Crippen LogP contribution >= 0.6 is 0 Å². The van der Waals surface area contributed by atoms with Crippen LogP contribution in [-0.2, 0) is 21.3 Å². The van der Waals surface area contributed by atoms with E-state index < -0.39 is 10.0 Å². The van der Waals surface area contributed by atoms with Crippen molar-refractivity contribution in [2.45, 2.75) is 52.8 Å². The zero-order valence-corrected chi connectivity index (χ0v) is 17.6. The molecule has 6 heteroatoms. The SMILES string of the molecule is CCOC1CN(Cc2ccc(C(C)NS(C)(=O)=O)cc2)CCC1C(C)C. The number of rotatable bonds is 8. The number of ether oxygens (including phenoxy) is 1. The number of sulfonamides is 1. The van der Waals surface area contributed by atoms with E-state index >= 15 is 0 Å². The normalized spacial score (nSPS) is 23.3. The van der Waals surface area contributed by atoms with Crippen molar-refractivity contribution < 1.29 is 13.2 Å². The highest BCUT2D eigenvalue weighted by Gasteiger charge is 2.31. The zero-order valence-electron chi connectivity index (χ0n) is 16.7. The summed E-state index contributed by atoms with van der Waals surface area (Å²) in [5.41, 5.74) is 2.23. The van der Waals surface area contributed by atoms with Crippen LogP contribution in [-0.4, -0.2) is 45.4 Å². The topological polar surface area (TPSA) is 58.6 Å². The highest BCUT2D eigenvalue weighted by atomic mass is 32.2. The summed E-state index contributed by atoms with van der Waals surface area (Å²) in [6, 6.07) is 8.00. The molecule has 1 fully saturated rings. The van der Waals surface area contributed by atoms with Crippen LogP contribution in [0.4, 0.5) is 0 Å². The molecule has 26 heavy (non-hydrogen) atoms. The van der Waals surface area contributed by atoms with E-state index in [-0.39, 0.29) is 6.04 Å². The Balaban J connectivity index is 1.96. The fraction of sp³-hybridized carbons (Fsp3) is 0.700. The average Bonchev–Trinajstić information content (AvgIpc) is 2.54. The number of hydrogen-bond donors (Lipinski definition) is 1. The summed E-state index contributed by atoms with van der Waals surface area (Å²) >= 11 is 0. The molecule has 1 aliphatic heterocycles. The smallest absolute Gasteiger partial charge is 0.209 e. The van der Waals surface area contributed by atoms with Crippen LogP contribution in [0, 0.1) is 11.8 Å². The molecule has 2 rings (SSSR count). The van der Waals surface area contributed by atoms with Crippen molar-refractivity contribution in [2.75, 3.05) is 26.0 Å². The standard InChI is InChI=1S/C20H34N2O3S/c1-6-25-20-14-22(12-11-19(20)15(2)3)13-17-7-9-18(10-8-17)16(4)21-26(5,23)24/h7-10,15-16,19-21H,6,11-14H2,1-5H3. The largest absolute Gasteiger partial charge is 0.377 e. The first-order valence-electron chi connectivity index (χ1n) is 9.59. The van der Waals surface area contributed by atoms with Gasteiger partial charge in [0.25, 0.3) is 0 Å². The molecule has 0 aliphatic carbocycles. The molecule has 5 nitrogen and oxygen atoms in total. The van der Waals surface area contributed by atoms with E-state index in [2.05, 4.69) is 42.5 Å². The van der Waals surface area contributed by atoms with Gasteiger partial charge in [0.05, 0.1) is 12.4 Å². The maximum absolute atomic E-state index is 11.4. The highest BCUT2D eigenvalue weighted by Crippen LogP contribution is 2.28. The first-order valence-corrected chi connectivity index (χ1v) is 11.5. The molecule has 1 aromatic carbocycles. The third-order valence-electron chi connectivity index (χ3n) is 5.21. The van der Waals surface area contributed by atoms with E-state index in [0.29, 0.717) is 17.9 Å². The molecule has 1 aliphatic rings. The van der Waals surface area contributed by atoms with Gasteiger partial charge in [-0.05, 0) is 49.8 Å². The van der Waals surface area contributed by atoms with Crippen LogP contribution in [0.2, 0.25) is 0 Å². The maximum atomic E-state index is 11.4. The molecular formula is C20H34N2O3S. The summed E-state index contributed by atoms with van der Waals surface area (Å²) in [5, 5.41) is 0. The fourth-order valence-electron chi connectivity index (χ4n) is 3.85. The molecule has 1 aromatic rings. The van der Waals surface area contributed by atoms with Gasteiger partial charge in [-0.1, -0.05) is 38.1 Å². The molecule has 0 radical (unpaired) electrons. The molecule has 1 saturated heterocycles. The molecule has 1 N–H and O–H groups in total. The van der Waals surface area contributed by atoms with Crippen LogP contribution in [0.25, 0.3) is 0 Å². The van der Waals surface area contributed by atoms with Crippen molar-refractivity contribution in [2.24, 2.45) is 11.8 Å². The van der Waals surface area contributed by atoms with E-state index in [1.807, 2.05) is 19.1 Å². The lowest BCUT2D eigenvalue weighted by Crippen LogP contribution is -2.46. The molecule has 0 amide bonds. The van der Waals surface area contributed by atoms with E-state index in [1.165, 1.54) is 18.2 Å². The maximum Gasteiger partial charge on any atom is 0.209 e. The number of likely N-dealkylation sites (tertiary alicyclic amines) is 1. The molecule has 0 saturated carbocycles. The van der Waals surface area contributed by atoms with Gasteiger partial charge in [-0.3, -0.25) is 4.90 Å². The Labute approximate surface area is 159 Å². The van der Waals surface area contributed by atoms with Gasteiger partial charge >= 0.3 is 0 Å². The van der Waals surface area contributed by atoms with Crippen LogP contribution in [0.3, 0.4) is 0 Å². The highest BCUT2D eigenvalue weighted by molar-refractivity contribution is 7.88. The van der Waals surface area contributed by atoms with Gasteiger partial charge in [0, 0.05) is 25.7 Å². The quantitative estimate of drug-likeness (QED) is 0.750. The van der Waals surface area contributed by atoms with Gasteiger partial charge in [0.15, 0.2) is 0 Å². The Morgan fingerprint density at radius 3 is 2.42 bits per heavy atom. The Morgan fingerprint density at radius 1 is 1.23 bits per heavy atom. The average molecular weight is 383 g/mol. The number of hydrogen-bond acceptors (Lipinski definition) is 4. The van der Waals surface area contributed by atoms with Gasteiger partial charge in [0.2, 0.25) is 10.0 Å². The van der Waals surface area contributed by atoms with Crippen molar-refractivity contribution >= 4 is 10.0 Å². The lowest BCUT2D eigenvalue weighted by atomic mass is 9.84. The van der Waals surface area contributed by atoms with Crippen molar-refractivity contribution in [3.05, 3.63) is 35.4 Å². The Bertz CT molecular complexity index is 658. The van der Waals surface area contributed by atoms with Gasteiger partial charge in [-0.25, -0.2) is 13.1 Å². The van der Waals surface area contributed by atoms with Crippen molar-refractivity contribution in [3.63, 3.8) is 0 Å². The van der Waals surface area contributed by atoms with Gasteiger partial charge < -0.3 is 4.74 Å². The molecular weight excluding hydrogens is 348 g/mol. The van der Waals surface area contributed by atoms with E-state index in [0.717, 1.165) is 31.8 Å². The second-order valence-corrected chi connectivity index (χ2v) is 9.56. The van der Waals surface area contributed by atoms with Crippen LogP contribution < -0.4 is 4.72 Å². The van der Waals surface area contributed by atoms with Gasteiger partial charge in [-0.2, -0.15) is 0 Å². The zero-order chi connectivity index (χ0) is 19.3. The fourth-order valence-corrected chi connectivity index (χ4v) is 4.63.